The fourth-order valence-corrected chi connectivity index (χ4v) is 1.27. The van der Waals surface area contributed by atoms with Crippen molar-refractivity contribution in [3.05, 3.63) is 54.1 Å². The summed E-state index contributed by atoms with van der Waals surface area (Å²) in [7, 11) is 0. The number of hydrogen-bond donors (Lipinski definition) is 2. The van der Waals surface area contributed by atoms with E-state index in [4.69, 9.17) is 0 Å². The molecule has 17 heavy (non-hydrogen) atoms. The molecule has 5 heteroatoms. The number of nitrogens with zero attached hydrogens (tertiary/aromatic N) is 2. The minimum Gasteiger partial charge on any atom is -0.348 e. The molecule has 0 bridgehead atoms. The van der Waals surface area contributed by atoms with Crippen LogP contribution in [0.5, 0.6) is 0 Å². The maximum atomic E-state index is 11.5. The average molecular weight is 228 g/mol. The van der Waals surface area contributed by atoms with Gasteiger partial charge in [0, 0.05) is 36.8 Å². The molecule has 0 aliphatic carbocycles. The van der Waals surface area contributed by atoms with Crippen LogP contribution < -0.4 is 5.32 Å². The predicted molar refractivity (Wildman–Crippen MR) is 63.7 cm³/mol. The topological polar surface area (TPSA) is 70.7 Å². The van der Waals surface area contributed by atoms with Crippen molar-refractivity contribution >= 4 is 12.0 Å². The molecule has 5 nitrogen and oxygen atoms in total. The van der Waals surface area contributed by atoms with Gasteiger partial charge < -0.3 is 5.32 Å². The van der Waals surface area contributed by atoms with Gasteiger partial charge >= 0.3 is 0 Å². The van der Waals surface area contributed by atoms with Crippen LogP contribution in [0.25, 0.3) is 6.08 Å². The second-order valence-electron chi connectivity index (χ2n) is 3.44. The maximum absolute atomic E-state index is 11.5. The first kappa shape index (κ1) is 11.1. The third-order valence-electron chi connectivity index (χ3n) is 2.13. The van der Waals surface area contributed by atoms with E-state index in [1.54, 1.807) is 30.9 Å². The van der Waals surface area contributed by atoms with E-state index in [1.807, 2.05) is 12.1 Å². The van der Waals surface area contributed by atoms with Gasteiger partial charge in [-0.25, -0.2) is 0 Å². The number of aromatic nitrogens is 3. The Balaban J connectivity index is 1.83. The number of amides is 1. The molecule has 2 rings (SSSR count). The summed E-state index contributed by atoms with van der Waals surface area (Å²) in [4.78, 5) is 15.4. The lowest BCUT2D eigenvalue weighted by molar-refractivity contribution is -0.116. The van der Waals surface area contributed by atoms with Crippen LogP contribution in [-0.2, 0) is 11.3 Å². The smallest absolute Gasteiger partial charge is 0.244 e. The Morgan fingerprint density at radius 3 is 3.12 bits per heavy atom. The monoisotopic (exact) mass is 228 g/mol. The van der Waals surface area contributed by atoms with Crippen LogP contribution in [0, 0.1) is 0 Å². The third kappa shape index (κ3) is 3.57. The number of carbonyl (C=O) groups is 1. The molecule has 0 saturated carbocycles. The Bertz CT molecular complexity index is 490. The van der Waals surface area contributed by atoms with Crippen molar-refractivity contribution in [2.75, 3.05) is 0 Å². The molecule has 0 fully saturated rings. The van der Waals surface area contributed by atoms with Crippen molar-refractivity contribution in [3.63, 3.8) is 0 Å². The van der Waals surface area contributed by atoms with Crippen molar-refractivity contribution in [3.8, 4) is 0 Å². The fourth-order valence-electron chi connectivity index (χ4n) is 1.27. The first-order valence-corrected chi connectivity index (χ1v) is 5.18. The summed E-state index contributed by atoms with van der Waals surface area (Å²) in [6.45, 7) is 0.465. The predicted octanol–water partition coefficient (Wildman–Crippen LogP) is 1.13. The summed E-state index contributed by atoms with van der Waals surface area (Å²) in [6.07, 6.45) is 10.0. The van der Waals surface area contributed by atoms with Gasteiger partial charge in [0.15, 0.2) is 0 Å². The van der Waals surface area contributed by atoms with Crippen LogP contribution in [0.4, 0.5) is 0 Å². The van der Waals surface area contributed by atoms with E-state index < -0.39 is 0 Å². The van der Waals surface area contributed by atoms with Crippen LogP contribution in [-0.4, -0.2) is 21.1 Å². The molecule has 0 unspecified atom stereocenters. The quantitative estimate of drug-likeness (QED) is 0.771. The summed E-state index contributed by atoms with van der Waals surface area (Å²) in [5, 5.41) is 9.22. The molecule has 86 valence electrons. The summed E-state index contributed by atoms with van der Waals surface area (Å²) in [5.74, 6) is -0.143. The number of nitrogens with one attached hydrogen (secondary N) is 2. The number of rotatable bonds is 4. The molecule has 2 heterocycles. The molecule has 0 radical (unpaired) electrons. The molecular weight excluding hydrogens is 216 g/mol. The maximum Gasteiger partial charge on any atom is 0.244 e. The van der Waals surface area contributed by atoms with E-state index >= 15 is 0 Å². The van der Waals surface area contributed by atoms with Gasteiger partial charge in [0.2, 0.25) is 5.91 Å². The highest BCUT2D eigenvalue weighted by atomic mass is 16.1. The molecule has 0 aliphatic heterocycles. The SMILES string of the molecule is O=C(/C=C/c1cccnc1)NCc1cn[nH]c1. The van der Waals surface area contributed by atoms with Gasteiger partial charge in [0.25, 0.3) is 0 Å². The standard InChI is InChI=1S/C12H12N4O/c17-12(14-7-11-8-15-16-9-11)4-3-10-2-1-5-13-6-10/h1-6,8-9H,7H2,(H,14,17)(H,15,16)/b4-3+. The van der Waals surface area contributed by atoms with Gasteiger partial charge in [-0.2, -0.15) is 5.10 Å². The molecule has 0 aliphatic rings. The van der Waals surface area contributed by atoms with Crippen LogP contribution >= 0.6 is 0 Å². The zero-order valence-electron chi connectivity index (χ0n) is 9.13. The zero-order valence-corrected chi connectivity index (χ0v) is 9.13. The van der Waals surface area contributed by atoms with Crippen molar-refractivity contribution < 1.29 is 4.79 Å². The summed E-state index contributed by atoms with van der Waals surface area (Å²) < 4.78 is 0. The Morgan fingerprint density at radius 1 is 1.47 bits per heavy atom. The van der Waals surface area contributed by atoms with Gasteiger partial charge in [-0.15, -0.1) is 0 Å². The Hall–Kier alpha value is -2.43. The minimum atomic E-state index is -0.143. The number of aromatic amines is 1. The molecule has 1 amide bonds. The lowest BCUT2D eigenvalue weighted by Crippen LogP contribution is -2.19. The largest absolute Gasteiger partial charge is 0.348 e. The van der Waals surface area contributed by atoms with Crippen molar-refractivity contribution in [2.24, 2.45) is 0 Å². The molecule has 0 atom stereocenters. The first-order valence-electron chi connectivity index (χ1n) is 5.18. The summed E-state index contributed by atoms with van der Waals surface area (Å²) in [5.41, 5.74) is 1.83. The minimum absolute atomic E-state index is 0.143. The molecule has 0 aromatic carbocycles. The molecule has 0 spiro atoms. The second-order valence-corrected chi connectivity index (χ2v) is 3.44. The first-order chi connectivity index (χ1) is 8.34. The van der Waals surface area contributed by atoms with Crippen LogP contribution in [0.3, 0.4) is 0 Å². The van der Waals surface area contributed by atoms with Gasteiger partial charge in [0.05, 0.1) is 6.20 Å². The lowest BCUT2D eigenvalue weighted by Gasteiger charge is -1.98. The Morgan fingerprint density at radius 2 is 2.41 bits per heavy atom. The van der Waals surface area contributed by atoms with Gasteiger partial charge in [0.1, 0.15) is 0 Å². The molecule has 0 saturated heterocycles. The van der Waals surface area contributed by atoms with E-state index in [0.29, 0.717) is 6.54 Å². The summed E-state index contributed by atoms with van der Waals surface area (Å²) in [6, 6.07) is 3.70. The van der Waals surface area contributed by atoms with Crippen LogP contribution in [0.1, 0.15) is 11.1 Å². The molecule has 2 N–H and O–H groups in total. The fraction of sp³-hybridized carbons (Fsp3) is 0.0833. The van der Waals surface area contributed by atoms with Gasteiger partial charge in [-0.05, 0) is 17.7 Å². The molecule has 2 aromatic rings. The lowest BCUT2D eigenvalue weighted by atomic mass is 10.2. The Kier molecular flexibility index (Phi) is 3.64. The average Bonchev–Trinajstić information content (AvgIpc) is 2.88. The van der Waals surface area contributed by atoms with Crippen molar-refractivity contribution in [1.82, 2.24) is 20.5 Å². The number of pyridine rings is 1. The van der Waals surface area contributed by atoms with Crippen LogP contribution in [0.2, 0.25) is 0 Å². The highest BCUT2D eigenvalue weighted by Gasteiger charge is 1.97. The normalized spacial score (nSPS) is 10.6. The number of carbonyl (C=O) groups excluding carboxylic acids is 1. The van der Waals surface area contributed by atoms with Crippen LogP contribution in [0.15, 0.2) is 43.0 Å². The molecule has 2 aromatic heterocycles. The van der Waals surface area contributed by atoms with Gasteiger partial charge in [-0.3, -0.25) is 14.9 Å². The van der Waals surface area contributed by atoms with Crippen molar-refractivity contribution in [2.45, 2.75) is 6.54 Å². The second kappa shape index (κ2) is 5.60. The third-order valence-corrected chi connectivity index (χ3v) is 2.13. The van der Waals surface area contributed by atoms with Gasteiger partial charge in [-0.1, -0.05) is 6.07 Å². The Labute approximate surface area is 98.6 Å². The van der Waals surface area contributed by atoms with E-state index in [2.05, 4.69) is 20.5 Å². The zero-order chi connectivity index (χ0) is 11.9. The van der Waals surface area contributed by atoms with E-state index in [0.717, 1.165) is 11.1 Å². The van der Waals surface area contributed by atoms with Crippen molar-refractivity contribution in [1.29, 1.82) is 0 Å². The highest BCUT2D eigenvalue weighted by Crippen LogP contribution is 1.98. The highest BCUT2D eigenvalue weighted by molar-refractivity contribution is 5.91. The number of H-pyrrole nitrogens is 1. The number of hydrogen-bond acceptors (Lipinski definition) is 3. The van der Waals surface area contributed by atoms with E-state index in [-0.39, 0.29) is 5.91 Å². The van der Waals surface area contributed by atoms with E-state index in [1.165, 1.54) is 6.08 Å². The summed E-state index contributed by atoms with van der Waals surface area (Å²) >= 11 is 0. The van der Waals surface area contributed by atoms with E-state index in [9.17, 15) is 4.79 Å². The molecular formula is C12H12N4O.